The Labute approximate surface area is 170 Å². The predicted octanol–water partition coefficient (Wildman–Crippen LogP) is 3.68. The molecule has 4 rings (SSSR count). The van der Waals surface area contributed by atoms with Gasteiger partial charge in [-0.05, 0) is 42.3 Å². The summed E-state index contributed by atoms with van der Waals surface area (Å²) in [5.41, 5.74) is 2.73. The maximum absolute atomic E-state index is 13.7. The van der Waals surface area contributed by atoms with Crippen molar-refractivity contribution < 1.29 is 4.39 Å². The van der Waals surface area contributed by atoms with Crippen LogP contribution in [0.25, 0.3) is 4.96 Å². The van der Waals surface area contributed by atoms with Gasteiger partial charge in [0, 0.05) is 24.8 Å². The first-order valence-electron chi connectivity index (χ1n) is 8.88. The molecule has 0 saturated heterocycles. The summed E-state index contributed by atoms with van der Waals surface area (Å²) in [7, 11) is 0. The third-order valence-corrected chi connectivity index (χ3v) is 5.32. The van der Waals surface area contributed by atoms with Crippen LogP contribution in [-0.2, 0) is 13.1 Å². The molecule has 6 nitrogen and oxygen atoms in total. The van der Waals surface area contributed by atoms with Crippen LogP contribution in [0.4, 0.5) is 9.52 Å². The van der Waals surface area contributed by atoms with Crippen molar-refractivity contribution in [1.82, 2.24) is 14.6 Å². The summed E-state index contributed by atoms with van der Waals surface area (Å²) in [6.45, 7) is 2.66. The van der Waals surface area contributed by atoms with Gasteiger partial charge >= 0.3 is 0 Å². The van der Waals surface area contributed by atoms with Crippen molar-refractivity contribution in [3.63, 3.8) is 0 Å². The van der Waals surface area contributed by atoms with E-state index in [4.69, 9.17) is 5.26 Å². The molecule has 0 fully saturated rings. The number of halogens is 1. The Kier molecular flexibility index (Phi) is 5.06. The highest BCUT2D eigenvalue weighted by Crippen LogP contribution is 2.25. The first kappa shape index (κ1) is 18.8. The topological polar surface area (TPSA) is 74.3 Å². The van der Waals surface area contributed by atoms with Crippen molar-refractivity contribution in [1.29, 1.82) is 5.26 Å². The summed E-state index contributed by atoms with van der Waals surface area (Å²) < 4.78 is 15.0. The van der Waals surface area contributed by atoms with Gasteiger partial charge in [-0.3, -0.25) is 4.79 Å². The van der Waals surface area contributed by atoms with E-state index in [9.17, 15) is 9.18 Å². The maximum Gasteiger partial charge on any atom is 0.275 e. The highest BCUT2D eigenvalue weighted by atomic mass is 32.1. The van der Waals surface area contributed by atoms with Gasteiger partial charge in [-0.25, -0.2) is 9.37 Å². The standard InChI is InChI=1S/C21H16FN5OS/c1-14-9-19(28)27-20(24-14)29-21(25-27)26(13-17-3-2-4-18(22)10-17)12-16-7-5-15(11-23)6-8-16/h2-10H,12-13H2,1H3. The van der Waals surface area contributed by atoms with E-state index in [1.165, 1.54) is 34.1 Å². The molecule has 2 aromatic heterocycles. The summed E-state index contributed by atoms with van der Waals surface area (Å²) in [5.74, 6) is -0.307. The van der Waals surface area contributed by atoms with Crippen LogP contribution in [0.2, 0.25) is 0 Å². The zero-order valence-corrected chi connectivity index (χ0v) is 16.4. The third-order valence-electron chi connectivity index (χ3n) is 4.35. The lowest BCUT2D eigenvalue weighted by Gasteiger charge is -2.21. The lowest BCUT2D eigenvalue weighted by Crippen LogP contribution is -2.23. The molecule has 0 aliphatic rings. The van der Waals surface area contributed by atoms with Gasteiger partial charge in [-0.2, -0.15) is 9.78 Å². The zero-order chi connectivity index (χ0) is 20.4. The minimum Gasteiger partial charge on any atom is -0.338 e. The van der Waals surface area contributed by atoms with Crippen molar-refractivity contribution >= 4 is 21.4 Å². The minimum absolute atomic E-state index is 0.237. The van der Waals surface area contributed by atoms with Crippen LogP contribution in [0.15, 0.2) is 59.4 Å². The van der Waals surface area contributed by atoms with Crippen molar-refractivity contribution in [3.8, 4) is 6.07 Å². The quantitative estimate of drug-likeness (QED) is 0.506. The van der Waals surface area contributed by atoms with E-state index >= 15 is 0 Å². The number of benzene rings is 2. The van der Waals surface area contributed by atoms with Crippen LogP contribution in [0.5, 0.6) is 0 Å². The van der Waals surface area contributed by atoms with Gasteiger partial charge in [0.25, 0.3) is 5.56 Å². The molecule has 0 aliphatic carbocycles. The van der Waals surface area contributed by atoms with Gasteiger partial charge in [0.15, 0.2) is 0 Å². The zero-order valence-electron chi connectivity index (χ0n) is 15.5. The van der Waals surface area contributed by atoms with Gasteiger partial charge in [-0.15, -0.1) is 5.10 Å². The predicted molar refractivity (Wildman–Crippen MR) is 109 cm³/mol. The highest BCUT2D eigenvalue weighted by molar-refractivity contribution is 7.20. The molecule has 4 aromatic rings. The number of aromatic nitrogens is 3. The van der Waals surface area contributed by atoms with E-state index in [-0.39, 0.29) is 11.4 Å². The Morgan fingerprint density at radius 2 is 1.90 bits per heavy atom. The van der Waals surface area contributed by atoms with Gasteiger partial charge in [-0.1, -0.05) is 35.6 Å². The number of hydrogen-bond donors (Lipinski definition) is 0. The smallest absolute Gasteiger partial charge is 0.275 e. The van der Waals surface area contributed by atoms with E-state index in [1.807, 2.05) is 23.1 Å². The lowest BCUT2D eigenvalue weighted by atomic mass is 10.1. The molecule has 0 amide bonds. The molecule has 2 heterocycles. The molecule has 8 heteroatoms. The first-order chi connectivity index (χ1) is 14.0. The van der Waals surface area contributed by atoms with Crippen LogP contribution in [0.1, 0.15) is 22.4 Å². The van der Waals surface area contributed by atoms with Crippen LogP contribution in [0, 0.1) is 24.1 Å². The van der Waals surface area contributed by atoms with Crippen LogP contribution >= 0.6 is 11.3 Å². The average Bonchev–Trinajstić information content (AvgIpc) is 3.12. The highest BCUT2D eigenvalue weighted by Gasteiger charge is 2.16. The molecule has 0 radical (unpaired) electrons. The summed E-state index contributed by atoms with van der Waals surface area (Å²) in [6, 6.07) is 17.2. The van der Waals surface area contributed by atoms with Gasteiger partial charge in [0.1, 0.15) is 5.82 Å². The Hall–Kier alpha value is -3.57. The molecule has 0 unspecified atom stereocenters. The summed E-state index contributed by atoms with van der Waals surface area (Å²) in [6.07, 6.45) is 0. The van der Waals surface area contributed by atoms with E-state index in [2.05, 4.69) is 16.2 Å². The molecular weight excluding hydrogens is 389 g/mol. The number of hydrogen-bond acceptors (Lipinski definition) is 6. The van der Waals surface area contributed by atoms with Crippen molar-refractivity contribution in [2.24, 2.45) is 0 Å². The van der Waals surface area contributed by atoms with E-state index in [1.54, 1.807) is 25.1 Å². The monoisotopic (exact) mass is 405 g/mol. The Morgan fingerprint density at radius 1 is 1.14 bits per heavy atom. The van der Waals surface area contributed by atoms with Gasteiger partial charge in [0.05, 0.1) is 11.6 Å². The number of nitrogens with zero attached hydrogens (tertiary/aromatic N) is 5. The van der Waals surface area contributed by atoms with Crippen LogP contribution in [0.3, 0.4) is 0 Å². The van der Waals surface area contributed by atoms with E-state index < -0.39 is 0 Å². The number of rotatable bonds is 5. The maximum atomic E-state index is 13.7. The number of nitriles is 1. The fourth-order valence-corrected chi connectivity index (χ4v) is 3.94. The normalized spacial score (nSPS) is 10.8. The second-order valence-corrected chi connectivity index (χ2v) is 7.54. The minimum atomic E-state index is -0.307. The van der Waals surface area contributed by atoms with Crippen molar-refractivity contribution in [2.75, 3.05) is 4.90 Å². The second kappa shape index (κ2) is 7.81. The molecule has 0 bridgehead atoms. The molecule has 144 valence electrons. The fourth-order valence-electron chi connectivity index (χ4n) is 2.99. The molecule has 0 N–H and O–H groups in total. The van der Waals surface area contributed by atoms with E-state index in [0.717, 1.165) is 11.1 Å². The van der Waals surface area contributed by atoms with Gasteiger partial charge in [0.2, 0.25) is 10.1 Å². The lowest BCUT2D eigenvalue weighted by molar-refractivity contribution is 0.624. The van der Waals surface area contributed by atoms with Crippen LogP contribution in [-0.4, -0.2) is 14.6 Å². The largest absolute Gasteiger partial charge is 0.338 e. The third kappa shape index (κ3) is 4.15. The van der Waals surface area contributed by atoms with Crippen molar-refractivity contribution in [3.05, 3.63) is 93.2 Å². The molecule has 0 aliphatic heterocycles. The summed E-state index contributed by atoms with van der Waals surface area (Å²) in [5, 5.41) is 14.0. The molecule has 2 aromatic carbocycles. The number of anilines is 1. The first-order valence-corrected chi connectivity index (χ1v) is 9.69. The number of fused-ring (bicyclic) bond motifs is 1. The van der Waals surface area contributed by atoms with Crippen LogP contribution < -0.4 is 10.5 Å². The number of aryl methyl sites for hydroxylation is 1. The second-order valence-electron chi connectivity index (χ2n) is 6.61. The molecule has 0 saturated carbocycles. The molecule has 29 heavy (non-hydrogen) atoms. The summed E-state index contributed by atoms with van der Waals surface area (Å²) >= 11 is 1.30. The van der Waals surface area contributed by atoms with E-state index in [0.29, 0.717) is 34.4 Å². The Balaban J connectivity index is 1.73. The Bertz CT molecular complexity index is 1270. The molecular formula is C21H16FN5OS. The van der Waals surface area contributed by atoms with Crippen molar-refractivity contribution in [2.45, 2.75) is 20.0 Å². The summed E-state index contributed by atoms with van der Waals surface area (Å²) in [4.78, 5) is 19.1. The fraction of sp³-hybridized carbons (Fsp3) is 0.143. The Morgan fingerprint density at radius 3 is 2.62 bits per heavy atom. The van der Waals surface area contributed by atoms with Gasteiger partial charge < -0.3 is 4.90 Å². The average molecular weight is 405 g/mol. The molecule has 0 spiro atoms. The molecule has 0 atom stereocenters. The SMILES string of the molecule is Cc1cc(=O)n2nc(N(Cc3ccc(C#N)cc3)Cc3cccc(F)c3)sc2n1.